The number of amides is 2. The van der Waals surface area contributed by atoms with E-state index in [1.807, 2.05) is 27.6 Å². The van der Waals surface area contributed by atoms with Gasteiger partial charge in [-0.2, -0.15) is 15.2 Å². The molecule has 0 aromatic carbocycles. The van der Waals surface area contributed by atoms with E-state index >= 15 is 0 Å². The minimum absolute atomic E-state index is 0.0770. The van der Waals surface area contributed by atoms with E-state index in [1.165, 1.54) is 25.7 Å². The summed E-state index contributed by atoms with van der Waals surface area (Å²) in [6.07, 6.45) is 11.0. The Morgan fingerprint density at radius 1 is 1.15 bits per heavy atom. The summed E-state index contributed by atoms with van der Waals surface area (Å²) in [7, 11) is 0. The van der Waals surface area contributed by atoms with Gasteiger partial charge in [0.25, 0.3) is 11.8 Å². The van der Waals surface area contributed by atoms with Crippen LogP contribution in [0.15, 0.2) is 29.2 Å². The quantitative estimate of drug-likeness (QED) is 0.516. The van der Waals surface area contributed by atoms with Gasteiger partial charge in [-0.1, -0.05) is 31.8 Å². The van der Waals surface area contributed by atoms with Crippen molar-refractivity contribution in [3.05, 3.63) is 47.6 Å². The van der Waals surface area contributed by atoms with Crippen LogP contribution < -0.4 is 0 Å². The zero-order valence-electron chi connectivity index (χ0n) is 22.8. The van der Waals surface area contributed by atoms with Gasteiger partial charge >= 0.3 is 0 Å². The summed E-state index contributed by atoms with van der Waals surface area (Å²) in [4.78, 5) is 35.0. The van der Waals surface area contributed by atoms with E-state index in [4.69, 9.17) is 14.6 Å². The molecule has 11 heteroatoms. The molecule has 0 radical (unpaired) electrons. The summed E-state index contributed by atoms with van der Waals surface area (Å²) in [5, 5.41) is 15.9. The normalized spacial score (nSPS) is 26.2. The van der Waals surface area contributed by atoms with Crippen molar-refractivity contribution < 1.29 is 14.1 Å². The molecule has 2 saturated carbocycles. The van der Waals surface area contributed by atoms with Crippen molar-refractivity contribution in [2.75, 3.05) is 26.2 Å². The Bertz CT molecular complexity index is 1380. The molecule has 5 heterocycles. The zero-order chi connectivity index (χ0) is 26.9. The van der Waals surface area contributed by atoms with Crippen molar-refractivity contribution in [3.8, 4) is 0 Å². The fraction of sp³-hybridized carbons (Fsp3) is 0.643. The number of hydrogen-bond donors (Lipinski definition) is 1. The maximum Gasteiger partial charge on any atom is 0.257 e. The molecule has 2 saturated heterocycles. The number of H-pyrrole nitrogens is 1. The highest BCUT2D eigenvalue weighted by Crippen LogP contribution is 2.55. The largest absolute Gasteiger partial charge is 0.341 e. The van der Waals surface area contributed by atoms with Crippen LogP contribution in [-0.2, 0) is 4.79 Å². The Morgan fingerprint density at radius 2 is 1.90 bits per heavy atom. The summed E-state index contributed by atoms with van der Waals surface area (Å²) in [5.74, 6) is 1.77. The third-order valence-electron chi connectivity index (χ3n) is 9.74. The van der Waals surface area contributed by atoms with Crippen molar-refractivity contribution >= 4 is 11.8 Å². The molecule has 2 aliphatic heterocycles. The Balaban J connectivity index is 1.12. The lowest BCUT2D eigenvalue weighted by atomic mass is 9.71. The van der Waals surface area contributed by atoms with Crippen LogP contribution in [0.25, 0.3) is 0 Å². The van der Waals surface area contributed by atoms with Gasteiger partial charge in [0.2, 0.25) is 5.91 Å². The average Bonchev–Trinajstić information content (AvgIpc) is 3.63. The molecule has 206 valence electrons. The second kappa shape index (κ2) is 8.76. The SMILES string of the molecule is CC(c1nc(C2CN(C(=O)c3cn[nH]c3)CC23CN(C(=O)[C@H]2CC2(C)C)C3)no1)n1ccc(C2CCCC2)n1. The third kappa shape index (κ3) is 4.08. The first-order valence-electron chi connectivity index (χ1n) is 14.2. The molecule has 7 rings (SSSR count). The minimum atomic E-state index is -0.292. The topological polar surface area (TPSA) is 126 Å². The van der Waals surface area contributed by atoms with Crippen molar-refractivity contribution in [2.24, 2.45) is 16.7 Å². The molecule has 2 amide bonds. The Labute approximate surface area is 227 Å². The molecule has 11 nitrogen and oxygen atoms in total. The number of carbonyl (C=O) groups excluding carboxylic acids is 2. The fourth-order valence-corrected chi connectivity index (χ4v) is 7.01. The number of aromatic amines is 1. The summed E-state index contributed by atoms with van der Waals surface area (Å²) in [6.45, 7) is 8.53. The zero-order valence-corrected chi connectivity index (χ0v) is 22.8. The number of aromatic nitrogens is 6. The van der Waals surface area contributed by atoms with Gasteiger partial charge in [-0.05, 0) is 37.7 Å². The third-order valence-corrected chi connectivity index (χ3v) is 9.74. The summed E-state index contributed by atoms with van der Waals surface area (Å²) >= 11 is 0. The first-order valence-corrected chi connectivity index (χ1v) is 14.2. The van der Waals surface area contributed by atoms with Crippen LogP contribution in [0.3, 0.4) is 0 Å². The molecule has 2 unspecified atom stereocenters. The highest BCUT2D eigenvalue weighted by molar-refractivity contribution is 5.94. The minimum Gasteiger partial charge on any atom is -0.341 e. The summed E-state index contributed by atoms with van der Waals surface area (Å²) < 4.78 is 7.69. The van der Waals surface area contributed by atoms with Crippen LogP contribution in [0.5, 0.6) is 0 Å². The molecule has 0 bridgehead atoms. The van der Waals surface area contributed by atoms with Crippen LogP contribution >= 0.6 is 0 Å². The van der Waals surface area contributed by atoms with E-state index in [-0.39, 0.29) is 40.5 Å². The Hall–Kier alpha value is -3.50. The maximum atomic E-state index is 13.3. The standard InChI is InChI=1S/C28H36N8O3/c1-17(36-9-8-22(32-36)18-6-4-5-7-18)24-31-23(33-39-24)21-13-34(25(37)19-11-29-30-12-19)14-28(21)15-35(16-28)26(38)20-10-27(20,2)3/h8-9,11-12,17-18,20-21H,4-7,10,13-16H2,1-3H3,(H,29,30)/t17?,20-,21?/m1/s1. The monoisotopic (exact) mass is 532 g/mol. The van der Waals surface area contributed by atoms with E-state index < -0.39 is 0 Å². The predicted molar refractivity (Wildman–Crippen MR) is 140 cm³/mol. The van der Waals surface area contributed by atoms with Gasteiger partial charge in [-0.15, -0.1) is 0 Å². The molecule has 3 aromatic rings. The molecular formula is C28H36N8O3. The van der Waals surface area contributed by atoms with Gasteiger partial charge < -0.3 is 14.3 Å². The number of hydrogen-bond acceptors (Lipinski definition) is 7. The molecule has 39 heavy (non-hydrogen) atoms. The van der Waals surface area contributed by atoms with Crippen LogP contribution in [-0.4, -0.2) is 77.9 Å². The molecule has 4 fully saturated rings. The summed E-state index contributed by atoms with van der Waals surface area (Å²) in [6, 6.07) is 1.91. The highest BCUT2D eigenvalue weighted by Gasteiger charge is 2.61. The highest BCUT2D eigenvalue weighted by atomic mass is 16.5. The Kier molecular flexibility index (Phi) is 5.51. The number of nitrogens with zero attached hydrogens (tertiary/aromatic N) is 7. The van der Waals surface area contributed by atoms with Crippen LogP contribution in [0.4, 0.5) is 0 Å². The van der Waals surface area contributed by atoms with Crippen LogP contribution in [0.1, 0.15) is 98.5 Å². The lowest BCUT2D eigenvalue weighted by Gasteiger charge is -2.50. The fourth-order valence-electron chi connectivity index (χ4n) is 7.01. The smallest absolute Gasteiger partial charge is 0.257 e. The second-order valence-corrected chi connectivity index (χ2v) is 12.9. The van der Waals surface area contributed by atoms with Crippen molar-refractivity contribution in [1.82, 2.24) is 39.9 Å². The molecular weight excluding hydrogens is 496 g/mol. The lowest BCUT2D eigenvalue weighted by molar-refractivity contribution is -0.145. The van der Waals surface area contributed by atoms with Gasteiger partial charge in [-0.25, -0.2) is 0 Å². The van der Waals surface area contributed by atoms with Gasteiger partial charge in [0, 0.05) is 55.8 Å². The molecule has 4 aliphatic rings. The predicted octanol–water partition coefficient (Wildman–Crippen LogP) is 3.37. The van der Waals surface area contributed by atoms with Crippen molar-refractivity contribution in [2.45, 2.75) is 70.8 Å². The number of rotatable bonds is 6. The number of likely N-dealkylation sites (tertiary alicyclic amines) is 2. The average molecular weight is 533 g/mol. The molecule has 2 aliphatic carbocycles. The van der Waals surface area contributed by atoms with E-state index in [0.29, 0.717) is 49.4 Å². The van der Waals surface area contributed by atoms with Crippen LogP contribution in [0, 0.1) is 16.7 Å². The number of nitrogens with one attached hydrogen (secondary N) is 1. The second-order valence-electron chi connectivity index (χ2n) is 12.9. The van der Waals surface area contributed by atoms with E-state index in [0.717, 1.165) is 12.1 Å². The molecule has 1 N–H and O–H groups in total. The molecule has 3 atom stereocenters. The van der Waals surface area contributed by atoms with E-state index in [1.54, 1.807) is 12.4 Å². The molecule has 1 spiro atoms. The first-order chi connectivity index (χ1) is 18.7. The molecule has 3 aromatic heterocycles. The van der Waals surface area contributed by atoms with Gasteiger partial charge in [-0.3, -0.25) is 19.4 Å². The van der Waals surface area contributed by atoms with Crippen molar-refractivity contribution in [3.63, 3.8) is 0 Å². The van der Waals surface area contributed by atoms with Crippen LogP contribution in [0.2, 0.25) is 0 Å². The number of carbonyl (C=O) groups is 2. The van der Waals surface area contributed by atoms with Gasteiger partial charge in [0.15, 0.2) is 5.82 Å². The maximum absolute atomic E-state index is 13.3. The van der Waals surface area contributed by atoms with Gasteiger partial charge in [0.05, 0.1) is 23.4 Å². The van der Waals surface area contributed by atoms with E-state index in [2.05, 4.69) is 35.3 Å². The Morgan fingerprint density at radius 3 is 2.59 bits per heavy atom. The van der Waals surface area contributed by atoms with Crippen molar-refractivity contribution in [1.29, 1.82) is 0 Å². The summed E-state index contributed by atoms with van der Waals surface area (Å²) in [5.41, 5.74) is 1.46. The lowest BCUT2D eigenvalue weighted by Crippen LogP contribution is -2.62. The first kappa shape index (κ1) is 24.5. The van der Waals surface area contributed by atoms with E-state index in [9.17, 15) is 9.59 Å². The van der Waals surface area contributed by atoms with Gasteiger partial charge in [0.1, 0.15) is 6.04 Å².